The number of anilines is 2. The van der Waals surface area contributed by atoms with E-state index in [1.54, 1.807) is 36.4 Å². The van der Waals surface area contributed by atoms with Gasteiger partial charge in [-0.1, -0.05) is 12.1 Å². The molecule has 0 atom stereocenters. The molecule has 6 nitrogen and oxygen atoms in total. The van der Waals surface area contributed by atoms with Crippen molar-refractivity contribution in [2.45, 2.75) is 52.7 Å². The molecule has 0 spiro atoms. The monoisotopic (exact) mass is 396 g/mol. The zero-order valence-corrected chi connectivity index (χ0v) is 17.3. The average molecular weight is 396 g/mol. The molecule has 1 aliphatic rings. The standard InChI is InChI=1S/C23H28N2O4/c1-15(2)28-18-11-9-17(10-12-18)24-21(26)23(13-14-23)22(27)25-19-7-5-6-8-20(19)29-16(3)4/h5-12,15-16H,13-14H2,1-4H3,(H,24,26)(H,25,27). The van der Waals surface area contributed by atoms with E-state index in [1.165, 1.54) is 0 Å². The lowest BCUT2D eigenvalue weighted by molar-refractivity contribution is -0.131. The second kappa shape index (κ2) is 8.55. The Morgan fingerprint density at radius 1 is 0.828 bits per heavy atom. The average Bonchev–Trinajstić information content (AvgIpc) is 3.46. The number of amides is 2. The minimum atomic E-state index is -1.04. The van der Waals surface area contributed by atoms with Crippen molar-refractivity contribution in [1.29, 1.82) is 0 Å². The lowest BCUT2D eigenvalue weighted by Gasteiger charge is -2.18. The van der Waals surface area contributed by atoms with Gasteiger partial charge < -0.3 is 20.1 Å². The van der Waals surface area contributed by atoms with Crippen LogP contribution < -0.4 is 20.1 Å². The summed E-state index contributed by atoms with van der Waals surface area (Å²) in [5.74, 6) is 0.718. The van der Waals surface area contributed by atoms with Gasteiger partial charge in [-0.2, -0.15) is 0 Å². The van der Waals surface area contributed by atoms with Gasteiger partial charge >= 0.3 is 0 Å². The summed E-state index contributed by atoms with van der Waals surface area (Å²) in [5.41, 5.74) is 0.159. The Kier molecular flexibility index (Phi) is 6.11. The summed E-state index contributed by atoms with van der Waals surface area (Å²) in [5, 5.41) is 5.72. The Morgan fingerprint density at radius 2 is 1.41 bits per heavy atom. The molecule has 0 heterocycles. The number of para-hydroxylation sites is 2. The van der Waals surface area contributed by atoms with Gasteiger partial charge in [0.1, 0.15) is 16.9 Å². The van der Waals surface area contributed by atoms with Gasteiger partial charge in [0, 0.05) is 5.69 Å². The van der Waals surface area contributed by atoms with Gasteiger partial charge in [-0.05, 0) is 76.9 Å². The van der Waals surface area contributed by atoms with Gasteiger partial charge in [0.25, 0.3) is 0 Å². The fourth-order valence-electron chi connectivity index (χ4n) is 2.99. The molecule has 3 rings (SSSR count). The molecule has 1 aliphatic carbocycles. The Labute approximate surface area is 171 Å². The second-order valence-electron chi connectivity index (χ2n) is 7.84. The first kappa shape index (κ1) is 20.7. The number of carbonyl (C=O) groups is 2. The topological polar surface area (TPSA) is 76.7 Å². The van der Waals surface area contributed by atoms with Crippen LogP contribution in [-0.4, -0.2) is 24.0 Å². The maximum Gasteiger partial charge on any atom is 0.240 e. The molecule has 6 heteroatoms. The summed E-state index contributed by atoms with van der Waals surface area (Å²) >= 11 is 0. The first-order valence-corrected chi connectivity index (χ1v) is 9.95. The third-order valence-electron chi connectivity index (χ3n) is 4.60. The largest absolute Gasteiger partial charge is 0.491 e. The van der Waals surface area contributed by atoms with E-state index in [1.807, 2.05) is 39.8 Å². The minimum Gasteiger partial charge on any atom is -0.491 e. The molecule has 2 amide bonds. The maximum absolute atomic E-state index is 12.9. The number of nitrogens with one attached hydrogen (secondary N) is 2. The van der Waals surface area contributed by atoms with E-state index in [4.69, 9.17) is 9.47 Å². The number of hydrogen-bond donors (Lipinski definition) is 2. The molecule has 0 aliphatic heterocycles. The third kappa shape index (κ3) is 5.08. The van der Waals surface area contributed by atoms with Crippen LogP contribution in [0.2, 0.25) is 0 Å². The first-order valence-electron chi connectivity index (χ1n) is 9.95. The van der Waals surface area contributed by atoms with Crippen molar-refractivity contribution in [2.75, 3.05) is 10.6 Å². The molecular weight excluding hydrogens is 368 g/mol. The van der Waals surface area contributed by atoms with Crippen LogP contribution >= 0.6 is 0 Å². The van der Waals surface area contributed by atoms with Crippen molar-refractivity contribution < 1.29 is 19.1 Å². The predicted molar refractivity (Wildman–Crippen MR) is 113 cm³/mol. The Balaban J connectivity index is 1.66. The van der Waals surface area contributed by atoms with Crippen molar-refractivity contribution in [3.8, 4) is 11.5 Å². The number of benzene rings is 2. The molecule has 0 saturated heterocycles. The van der Waals surface area contributed by atoms with E-state index in [9.17, 15) is 9.59 Å². The molecule has 154 valence electrons. The summed E-state index contributed by atoms with van der Waals surface area (Å²) in [6.45, 7) is 7.75. The van der Waals surface area contributed by atoms with E-state index < -0.39 is 5.41 Å². The predicted octanol–water partition coefficient (Wildman–Crippen LogP) is 4.62. The molecular formula is C23H28N2O4. The fraction of sp³-hybridized carbons (Fsp3) is 0.391. The highest BCUT2D eigenvalue weighted by molar-refractivity contribution is 6.17. The second-order valence-corrected chi connectivity index (χ2v) is 7.84. The van der Waals surface area contributed by atoms with Crippen molar-refractivity contribution in [1.82, 2.24) is 0 Å². The van der Waals surface area contributed by atoms with Crippen LogP contribution in [-0.2, 0) is 9.59 Å². The maximum atomic E-state index is 12.9. The van der Waals surface area contributed by atoms with E-state index in [0.29, 0.717) is 30.0 Å². The van der Waals surface area contributed by atoms with Crippen LogP contribution in [0.1, 0.15) is 40.5 Å². The van der Waals surface area contributed by atoms with Crippen molar-refractivity contribution >= 4 is 23.2 Å². The highest BCUT2D eigenvalue weighted by Crippen LogP contribution is 2.48. The zero-order chi connectivity index (χ0) is 21.0. The molecule has 0 bridgehead atoms. The summed E-state index contributed by atoms with van der Waals surface area (Å²) in [4.78, 5) is 25.7. The Bertz CT molecular complexity index is 871. The lowest BCUT2D eigenvalue weighted by atomic mass is 10.0. The van der Waals surface area contributed by atoms with Crippen LogP contribution in [0.4, 0.5) is 11.4 Å². The number of hydrogen-bond acceptors (Lipinski definition) is 4. The van der Waals surface area contributed by atoms with Gasteiger partial charge in [-0.15, -0.1) is 0 Å². The van der Waals surface area contributed by atoms with E-state index in [0.717, 1.165) is 5.75 Å². The Morgan fingerprint density at radius 3 is 2.00 bits per heavy atom. The van der Waals surface area contributed by atoms with Gasteiger partial charge in [-0.3, -0.25) is 9.59 Å². The van der Waals surface area contributed by atoms with Crippen LogP contribution in [0, 0.1) is 5.41 Å². The molecule has 2 aromatic rings. The smallest absolute Gasteiger partial charge is 0.240 e. The van der Waals surface area contributed by atoms with Crippen LogP contribution in [0.25, 0.3) is 0 Å². The lowest BCUT2D eigenvalue weighted by Crippen LogP contribution is -2.35. The number of carbonyl (C=O) groups excluding carboxylic acids is 2. The summed E-state index contributed by atoms with van der Waals surface area (Å²) in [7, 11) is 0. The third-order valence-corrected chi connectivity index (χ3v) is 4.60. The molecule has 1 saturated carbocycles. The molecule has 1 fully saturated rings. The SMILES string of the molecule is CC(C)Oc1ccc(NC(=O)C2(C(=O)Nc3ccccc3OC(C)C)CC2)cc1. The van der Waals surface area contributed by atoms with Crippen molar-refractivity contribution in [3.05, 3.63) is 48.5 Å². The van der Waals surface area contributed by atoms with Crippen LogP contribution in [0.3, 0.4) is 0 Å². The van der Waals surface area contributed by atoms with Gasteiger partial charge in [0.15, 0.2) is 0 Å². The van der Waals surface area contributed by atoms with Crippen LogP contribution in [0.5, 0.6) is 11.5 Å². The quantitative estimate of drug-likeness (QED) is 0.639. The van der Waals surface area contributed by atoms with Crippen molar-refractivity contribution in [3.63, 3.8) is 0 Å². The molecule has 0 unspecified atom stereocenters. The van der Waals surface area contributed by atoms with Gasteiger partial charge in [0.05, 0.1) is 17.9 Å². The highest BCUT2D eigenvalue weighted by atomic mass is 16.5. The molecule has 2 aromatic carbocycles. The molecule has 0 aromatic heterocycles. The number of rotatable bonds is 8. The minimum absolute atomic E-state index is 0.0196. The molecule has 2 N–H and O–H groups in total. The first-order chi connectivity index (χ1) is 13.8. The highest BCUT2D eigenvalue weighted by Gasteiger charge is 2.56. The normalized spacial score (nSPS) is 14.4. The van der Waals surface area contributed by atoms with E-state index in [-0.39, 0.29) is 24.0 Å². The summed E-state index contributed by atoms with van der Waals surface area (Å²) in [6, 6.07) is 14.4. The van der Waals surface area contributed by atoms with E-state index in [2.05, 4.69) is 10.6 Å². The summed E-state index contributed by atoms with van der Waals surface area (Å²) in [6.07, 6.45) is 1.10. The van der Waals surface area contributed by atoms with Crippen molar-refractivity contribution in [2.24, 2.45) is 5.41 Å². The number of ether oxygens (including phenoxy) is 2. The van der Waals surface area contributed by atoms with Gasteiger partial charge in [-0.25, -0.2) is 0 Å². The van der Waals surface area contributed by atoms with Gasteiger partial charge in [0.2, 0.25) is 11.8 Å². The molecule has 0 radical (unpaired) electrons. The fourth-order valence-corrected chi connectivity index (χ4v) is 2.99. The van der Waals surface area contributed by atoms with Crippen LogP contribution in [0.15, 0.2) is 48.5 Å². The van der Waals surface area contributed by atoms with E-state index >= 15 is 0 Å². The Hall–Kier alpha value is -3.02. The molecule has 29 heavy (non-hydrogen) atoms. The zero-order valence-electron chi connectivity index (χ0n) is 17.3. The summed E-state index contributed by atoms with van der Waals surface area (Å²) < 4.78 is 11.4.